The van der Waals surface area contributed by atoms with E-state index >= 15 is 0 Å². The molecule has 0 N–H and O–H groups in total. The lowest BCUT2D eigenvalue weighted by atomic mass is 9.85. The lowest BCUT2D eigenvalue weighted by Gasteiger charge is -2.28. The van der Waals surface area contributed by atoms with Gasteiger partial charge in [0.2, 0.25) is 0 Å². The first-order chi connectivity index (χ1) is 30.3. The van der Waals surface area contributed by atoms with Crippen LogP contribution in [0.4, 0.5) is 17.1 Å². The molecule has 0 fully saturated rings. The van der Waals surface area contributed by atoms with Crippen molar-refractivity contribution in [3.63, 3.8) is 0 Å². The smallest absolute Gasteiger partial charge is 0.0540 e. The molecular formula is C60H39N. The number of hydrogen-bond acceptors (Lipinski definition) is 1. The molecule has 1 heteroatoms. The van der Waals surface area contributed by atoms with Gasteiger partial charge in [0.1, 0.15) is 0 Å². The number of fused-ring (bicyclic) bond motifs is 9. The molecule has 12 aromatic rings. The molecule has 61 heavy (non-hydrogen) atoms. The van der Waals surface area contributed by atoms with Crippen molar-refractivity contribution in [3.8, 4) is 33.4 Å². The highest BCUT2D eigenvalue weighted by molar-refractivity contribution is 6.22. The number of rotatable bonds is 6. The minimum Gasteiger partial charge on any atom is -0.310 e. The van der Waals surface area contributed by atoms with Gasteiger partial charge in [-0.2, -0.15) is 0 Å². The van der Waals surface area contributed by atoms with Crippen LogP contribution in [0.2, 0.25) is 0 Å². The summed E-state index contributed by atoms with van der Waals surface area (Å²) in [6.07, 6.45) is 0. The first kappa shape index (κ1) is 35.0. The highest BCUT2D eigenvalue weighted by Crippen LogP contribution is 2.48. The van der Waals surface area contributed by atoms with Gasteiger partial charge in [-0.3, -0.25) is 0 Å². The van der Waals surface area contributed by atoms with Crippen LogP contribution < -0.4 is 4.90 Å². The van der Waals surface area contributed by atoms with Crippen molar-refractivity contribution in [2.24, 2.45) is 0 Å². The summed E-state index contributed by atoms with van der Waals surface area (Å²) >= 11 is 0. The molecule has 0 amide bonds. The predicted octanol–water partition coefficient (Wildman–Crippen LogP) is 17.1. The van der Waals surface area contributed by atoms with Gasteiger partial charge in [-0.25, -0.2) is 0 Å². The van der Waals surface area contributed by atoms with Gasteiger partial charge in [-0.15, -0.1) is 0 Å². The molecule has 0 atom stereocenters. The Kier molecular flexibility index (Phi) is 8.25. The molecule has 0 saturated carbocycles. The average molecular weight is 774 g/mol. The number of anilines is 3. The lowest BCUT2D eigenvalue weighted by Crippen LogP contribution is -2.10. The number of benzene rings is 12. The molecule has 0 aromatic heterocycles. The van der Waals surface area contributed by atoms with Crippen LogP contribution in [0, 0.1) is 0 Å². The zero-order chi connectivity index (χ0) is 40.3. The molecule has 0 aliphatic heterocycles. The molecule has 0 heterocycles. The molecule has 12 aromatic carbocycles. The maximum atomic E-state index is 2.46. The summed E-state index contributed by atoms with van der Waals surface area (Å²) in [5.41, 5.74) is 10.7. The Balaban J connectivity index is 1.12. The summed E-state index contributed by atoms with van der Waals surface area (Å²) in [5.74, 6) is 0. The molecule has 0 radical (unpaired) electrons. The van der Waals surface area contributed by atoms with Crippen LogP contribution in [-0.2, 0) is 0 Å². The van der Waals surface area contributed by atoms with Gasteiger partial charge in [0, 0.05) is 16.8 Å². The lowest BCUT2D eigenvalue weighted by molar-refractivity contribution is 1.30. The zero-order valence-electron chi connectivity index (χ0n) is 33.5. The molecular weight excluding hydrogens is 735 g/mol. The highest BCUT2D eigenvalue weighted by atomic mass is 15.1. The Morgan fingerprint density at radius 3 is 1.36 bits per heavy atom. The Morgan fingerprint density at radius 2 is 0.689 bits per heavy atom. The third kappa shape index (κ3) is 5.78. The van der Waals surface area contributed by atoms with Gasteiger partial charge in [-0.05, 0) is 123 Å². The van der Waals surface area contributed by atoms with Crippen LogP contribution in [0.25, 0.3) is 98.0 Å². The van der Waals surface area contributed by atoms with Crippen molar-refractivity contribution < 1.29 is 0 Å². The van der Waals surface area contributed by atoms with Crippen molar-refractivity contribution in [3.05, 3.63) is 237 Å². The van der Waals surface area contributed by atoms with Crippen molar-refractivity contribution in [2.45, 2.75) is 0 Å². The summed E-state index contributed by atoms with van der Waals surface area (Å²) in [7, 11) is 0. The van der Waals surface area contributed by atoms with Crippen molar-refractivity contribution in [1.29, 1.82) is 0 Å². The Morgan fingerprint density at radius 1 is 0.230 bits per heavy atom. The fraction of sp³-hybridized carbons (Fsp3) is 0. The summed E-state index contributed by atoms with van der Waals surface area (Å²) < 4.78 is 0. The zero-order valence-corrected chi connectivity index (χ0v) is 33.5. The number of nitrogens with zero attached hydrogens (tertiary/aromatic N) is 1. The van der Waals surface area contributed by atoms with Gasteiger partial charge >= 0.3 is 0 Å². The summed E-state index contributed by atoms with van der Waals surface area (Å²) in [5, 5.41) is 15.0. The van der Waals surface area contributed by atoms with E-state index in [-0.39, 0.29) is 0 Å². The normalized spacial score (nSPS) is 11.6. The van der Waals surface area contributed by atoms with Crippen LogP contribution in [0.5, 0.6) is 0 Å². The summed E-state index contributed by atoms with van der Waals surface area (Å²) in [6.45, 7) is 0. The third-order valence-electron chi connectivity index (χ3n) is 12.6. The Hall–Kier alpha value is -8.00. The van der Waals surface area contributed by atoms with E-state index in [4.69, 9.17) is 0 Å². The van der Waals surface area contributed by atoms with Gasteiger partial charge in [0.05, 0.1) is 5.69 Å². The Bertz CT molecular complexity index is 3630. The molecule has 0 unspecified atom stereocenters. The molecule has 284 valence electrons. The van der Waals surface area contributed by atoms with E-state index in [9.17, 15) is 0 Å². The van der Waals surface area contributed by atoms with Crippen molar-refractivity contribution >= 4 is 81.7 Å². The molecule has 1 nitrogen and oxygen atoms in total. The first-order valence-electron chi connectivity index (χ1n) is 21.1. The number of hydrogen-bond donors (Lipinski definition) is 0. The molecule has 0 aliphatic carbocycles. The van der Waals surface area contributed by atoms with E-state index in [1.54, 1.807) is 0 Å². The SMILES string of the molecule is c1ccc(-c2c(-c3ccccc3)c3cc(N(c4ccc(-c5cccc6c5ccc5ccccc56)cc4)c4cccc5c4ccc4ccccc45)ccc3c3ccccc23)cc1. The second-order valence-corrected chi connectivity index (χ2v) is 16.0. The quantitative estimate of drug-likeness (QED) is 0.152. The molecule has 0 spiro atoms. The van der Waals surface area contributed by atoms with Crippen LogP contribution in [0.3, 0.4) is 0 Å². The minimum absolute atomic E-state index is 1.10. The van der Waals surface area contributed by atoms with E-state index in [2.05, 4.69) is 241 Å². The van der Waals surface area contributed by atoms with Gasteiger partial charge < -0.3 is 4.90 Å². The third-order valence-corrected chi connectivity index (χ3v) is 12.6. The average Bonchev–Trinajstić information content (AvgIpc) is 3.34. The van der Waals surface area contributed by atoms with E-state index in [0.29, 0.717) is 0 Å². The second kappa shape index (κ2) is 14.4. The monoisotopic (exact) mass is 773 g/mol. The van der Waals surface area contributed by atoms with E-state index in [1.165, 1.54) is 98.0 Å². The van der Waals surface area contributed by atoms with E-state index in [0.717, 1.165) is 17.1 Å². The van der Waals surface area contributed by atoms with Crippen molar-refractivity contribution in [1.82, 2.24) is 0 Å². The molecule has 0 bridgehead atoms. The topological polar surface area (TPSA) is 3.24 Å². The highest BCUT2D eigenvalue weighted by Gasteiger charge is 2.22. The summed E-state index contributed by atoms with van der Waals surface area (Å²) in [6, 6.07) is 86.9. The summed E-state index contributed by atoms with van der Waals surface area (Å²) in [4.78, 5) is 2.46. The second-order valence-electron chi connectivity index (χ2n) is 16.0. The van der Waals surface area contributed by atoms with Crippen molar-refractivity contribution in [2.75, 3.05) is 4.90 Å². The first-order valence-corrected chi connectivity index (χ1v) is 21.1. The predicted molar refractivity (Wildman–Crippen MR) is 262 cm³/mol. The van der Waals surface area contributed by atoms with E-state index in [1.807, 2.05) is 0 Å². The standard InChI is InChI=1S/C60H39N/c1-3-17-43(18-4-1)59-56-24-12-11-23-52(56)54-38-35-46(39-57(54)60(59)44-19-5-2-6-20-44)61(58-28-14-27-51-48-22-10-8-16-41(48)32-37-55(51)58)45-33-29-42(30-34-45)49-25-13-26-50-47-21-9-7-15-40(47)31-36-53(49)50/h1-39H. The molecule has 0 aliphatic rings. The maximum absolute atomic E-state index is 2.46. The largest absolute Gasteiger partial charge is 0.310 e. The van der Waals surface area contributed by atoms with Crippen LogP contribution in [-0.4, -0.2) is 0 Å². The van der Waals surface area contributed by atoms with Gasteiger partial charge in [0.25, 0.3) is 0 Å². The fourth-order valence-electron chi connectivity index (χ4n) is 9.86. The van der Waals surface area contributed by atoms with Gasteiger partial charge in [0.15, 0.2) is 0 Å². The van der Waals surface area contributed by atoms with E-state index < -0.39 is 0 Å². The molecule has 0 saturated heterocycles. The fourth-order valence-corrected chi connectivity index (χ4v) is 9.86. The minimum atomic E-state index is 1.10. The maximum Gasteiger partial charge on any atom is 0.0540 e. The molecule has 12 rings (SSSR count). The Labute approximate surface area is 355 Å². The van der Waals surface area contributed by atoms with Crippen LogP contribution in [0.15, 0.2) is 237 Å². The van der Waals surface area contributed by atoms with Crippen LogP contribution in [0.1, 0.15) is 0 Å². The van der Waals surface area contributed by atoms with Crippen LogP contribution >= 0.6 is 0 Å². The van der Waals surface area contributed by atoms with Gasteiger partial charge in [-0.1, -0.05) is 206 Å².